The van der Waals surface area contributed by atoms with Gasteiger partial charge in [-0.2, -0.15) is 0 Å². The fraction of sp³-hybridized carbons (Fsp3) is 0.830. The first kappa shape index (κ1) is 62.5. The third-order valence-electron chi connectivity index (χ3n) is 11.0. The normalized spacial score (nSPS) is 28.6. The van der Waals surface area contributed by atoms with Gasteiger partial charge in [0.1, 0.15) is 70.4 Å². The van der Waals surface area contributed by atoms with Crippen molar-refractivity contribution in [3.05, 3.63) is 11.8 Å². The molecule has 0 radical (unpaired) electrons. The van der Waals surface area contributed by atoms with E-state index in [9.17, 15) is 54.3 Å². The molecule has 0 aromatic heterocycles. The summed E-state index contributed by atoms with van der Waals surface area (Å²) >= 11 is 0. The highest BCUT2D eigenvalue weighted by molar-refractivity contribution is 5.82. The van der Waals surface area contributed by atoms with Crippen molar-refractivity contribution >= 4 is 36.2 Å². The fourth-order valence-corrected chi connectivity index (χ4v) is 7.87. The van der Waals surface area contributed by atoms with Gasteiger partial charge in [-0.05, 0) is 122 Å². The maximum absolute atomic E-state index is 13.8. The third kappa shape index (κ3) is 20.4. The van der Waals surface area contributed by atoms with E-state index >= 15 is 0 Å². The van der Waals surface area contributed by atoms with E-state index in [2.05, 4.69) is 26.6 Å². The van der Waals surface area contributed by atoms with Gasteiger partial charge in [0.2, 0.25) is 18.1 Å². The summed E-state index contributed by atoms with van der Waals surface area (Å²) < 4.78 is 46.1. The largest absolute Gasteiger partial charge is 0.466 e. The van der Waals surface area contributed by atoms with Crippen molar-refractivity contribution < 1.29 is 92.2 Å². The van der Waals surface area contributed by atoms with Gasteiger partial charge in [0, 0.05) is 20.1 Å². The second-order valence-electron chi connectivity index (χ2n) is 22.5. The Morgan fingerprint density at radius 2 is 1.14 bits per heavy atom. The van der Waals surface area contributed by atoms with Crippen LogP contribution in [0.2, 0.25) is 0 Å². The van der Waals surface area contributed by atoms with Crippen LogP contribution >= 0.6 is 0 Å². The second-order valence-corrected chi connectivity index (χ2v) is 22.5. The number of carbonyl (C=O) groups excluding carboxylic acids is 6. The van der Waals surface area contributed by atoms with Crippen molar-refractivity contribution in [2.75, 3.05) is 33.3 Å². The number of amides is 6. The summed E-state index contributed by atoms with van der Waals surface area (Å²) in [4.78, 5) is 79.7. The molecule has 2 heterocycles. The molecule has 13 atom stereocenters. The minimum Gasteiger partial charge on any atom is -0.466 e. The molecule has 2 aliphatic heterocycles. The van der Waals surface area contributed by atoms with Crippen LogP contribution in [0.15, 0.2) is 11.8 Å². The van der Waals surface area contributed by atoms with Crippen molar-refractivity contribution in [2.45, 2.75) is 217 Å². The van der Waals surface area contributed by atoms with Gasteiger partial charge < -0.3 is 101 Å². The molecule has 0 aromatic carbocycles. The molecule has 1 saturated carbocycles. The Morgan fingerprint density at radius 3 is 1.58 bits per heavy atom. The number of alkyl carbamates (subject to hydrolysis) is 3. The lowest BCUT2D eigenvalue weighted by Crippen LogP contribution is -2.71. The molecule has 0 aromatic rings. The summed E-state index contributed by atoms with van der Waals surface area (Å²) in [5.74, 6) is -1.84. The lowest BCUT2D eigenvalue weighted by atomic mass is 9.82. The van der Waals surface area contributed by atoms with Crippen LogP contribution in [0, 0.1) is 0 Å². The minimum atomic E-state index is -1.99. The Kier molecular flexibility index (Phi) is 21.9. The number of nitrogens with two attached hydrogens (primary N) is 1. The number of rotatable bonds is 17. The molecule has 26 heteroatoms. The molecule has 1 saturated heterocycles. The van der Waals surface area contributed by atoms with Crippen LogP contribution in [-0.2, 0) is 47.5 Å². The molecule has 12 N–H and O–H groups in total. The van der Waals surface area contributed by atoms with Gasteiger partial charge in [-0.25, -0.2) is 19.2 Å². The lowest BCUT2D eigenvalue weighted by Gasteiger charge is -2.50. The van der Waals surface area contributed by atoms with Crippen molar-refractivity contribution in [2.24, 2.45) is 5.73 Å². The molecule has 1 aliphatic carbocycles. The predicted molar refractivity (Wildman–Crippen MR) is 258 cm³/mol. The summed E-state index contributed by atoms with van der Waals surface area (Å²) in [5.41, 5.74) is 0.471. The van der Waals surface area contributed by atoms with Crippen LogP contribution in [0.25, 0.3) is 0 Å². The standard InChI is InChI=1S/C47H83N7O19/c1-43(2,3)70-39(61)49-19-17-28(55)35(59)51-26-21-27(52-36(60)29(56)18-20-50-40(62)71-44(4,5)6)33(69-38-31(58)34(47(13,65)23-66-38)54(14)42(64)73-46(10,11)12)30(57)32(26)68-37-25(16-15-24(22-48)67-37)53-41(63)72-45(7,8)9/h15,25-34,37-38,55-58,65H,16-23,48H2,1-14H3,(H,49,61)(H,50,62)(H,51,59)(H,52,60)(H,53,63)/t25-,26+,27-,28+,29+,30+,31-,32-,33+,34-,37-,38-,47+/m1/s1. The summed E-state index contributed by atoms with van der Waals surface area (Å²) in [7, 11) is 1.28. The Labute approximate surface area is 427 Å². The summed E-state index contributed by atoms with van der Waals surface area (Å²) in [6.45, 7) is 19.9. The molecule has 0 spiro atoms. The van der Waals surface area contributed by atoms with Crippen LogP contribution in [-0.4, -0.2) is 201 Å². The lowest BCUT2D eigenvalue weighted by molar-refractivity contribution is -0.311. The van der Waals surface area contributed by atoms with E-state index in [1.54, 1.807) is 89.2 Å². The number of aliphatic hydroxyl groups excluding tert-OH is 4. The molecule has 6 amide bonds. The topological polar surface area (TPSA) is 367 Å². The van der Waals surface area contributed by atoms with E-state index in [1.165, 1.54) is 14.0 Å². The van der Waals surface area contributed by atoms with Gasteiger partial charge in [0.05, 0.1) is 37.3 Å². The molecule has 2 fully saturated rings. The molecule has 73 heavy (non-hydrogen) atoms. The molecule has 26 nitrogen and oxygen atoms in total. The van der Waals surface area contributed by atoms with Gasteiger partial charge in [-0.1, -0.05) is 0 Å². The second kappa shape index (κ2) is 25.6. The van der Waals surface area contributed by atoms with E-state index in [1.807, 2.05) is 0 Å². The molecule has 0 bridgehead atoms. The van der Waals surface area contributed by atoms with E-state index in [-0.39, 0.29) is 44.7 Å². The zero-order valence-corrected chi connectivity index (χ0v) is 44.6. The number of nitrogens with one attached hydrogen (secondary N) is 5. The first-order chi connectivity index (χ1) is 33.4. The Balaban J connectivity index is 2.10. The molecular formula is C47H83N7O19. The average molecular weight is 1050 g/mol. The Morgan fingerprint density at radius 1 is 0.699 bits per heavy atom. The third-order valence-corrected chi connectivity index (χ3v) is 11.0. The number of aliphatic hydroxyl groups is 5. The summed E-state index contributed by atoms with van der Waals surface area (Å²) in [6, 6.07) is -5.31. The van der Waals surface area contributed by atoms with E-state index in [4.69, 9.17) is 43.6 Å². The van der Waals surface area contributed by atoms with Crippen LogP contribution in [0.4, 0.5) is 19.2 Å². The maximum atomic E-state index is 13.8. The Hall–Kier alpha value is -4.80. The monoisotopic (exact) mass is 1050 g/mol. The molecule has 3 rings (SSSR count). The van der Waals surface area contributed by atoms with Gasteiger partial charge in [0.25, 0.3) is 0 Å². The van der Waals surface area contributed by atoms with E-state index in [0.717, 1.165) is 4.90 Å². The summed E-state index contributed by atoms with van der Waals surface area (Å²) in [6.07, 6.45) is -16.8. The van der Waals surface area contributed by atoms with Crippen LogP contribution < -0.4 is 32.3 Å². The first-order valence-electron chi connectivity index (χ1n) is 24.3. The van der Waals surface area contributed by atoms with Crippen molar-refractivity contribution in [3.8, 4) is 0 Å². The van der Waals surface area contributed by atoms with Crippen LogP contribution in [0.5, 0.6) is 0 Å². The van der Waals surface area contributed by atoms with E-state index < -0.39 is 151 Å². The quantitative estimate of drug-likeness (QED) is 0.0869. The zero-order valence-electron chi connectivity index (χ0n) is 44.6. The molecule has 0 unspecified atom stereocenters. The number of carbonyl (C=O) groups is 6. The number of ether oxygens (including phenoxy) is 8. The van der Waals surface area contributed by atoms with Crippen molar-refractivity contribution in [1.29, 1.82) is 0 Å². The highest BCUT2D eigenvalue weighted by Crippen LogP contribution is 2.35. The maximum Gasteiger partial charge on any atom is 0.410 e. The van der Waals surface area contributed by atoms with Gasteiger partial charge in [-0.15, -0.1) is 0 Å². The molecular weight excluding hydrogens is 967 g/mol. The minimum absolute atomic E-state index is 0.0769. The van der Waals surface area contributed by atoms with Crippen molar-refractivity contribution in [1.82, 2.24) is 31.5 Å². The molecule has 3 aliphatic rings. The van der Waals surface area contributed by atoms with E-state index in [0.29, 0.717) is 0 Å². The first-order valence-corrected chi connectivity index (χ1v) is 24.3. The molecule has 420 valence electrons. The highest BCUT2D eigenvalue weighted by Gasteiger charge is 2.55. The number of likely N-dealkylation sites (N-methyl/N-ethyl adjacent to an activating group) is 1. The number of hydrogen-bond acceptors (Lipinski definition) is 20. The van der Waals surface area contributed by atoms with Crippen LogP contribution in [0.1, 0.15) is 116 Å². The summed E-state index contributed by atoms with van der Waals surface area (Å²) in [5, 5.41) is 70.9. The number of hydrogen-bond donors (Lipinski definition) is 11. The van der Waals surface area contributed by atoms with Gasteiger partial charge >= 0.3 is 24.4 Å². The van der Waals surface area contributed by atoms with Gasteiger partial charge in [0.15, 0.2) is 6.29 Å². The van der Waals surface area contributed by atoms with Crippen LogP contribution in [0.3, 0.4) is 0 Å². The fourth-order valence-electron chi connectivity index (χ4n) is 7.87. The average Bonchev–Trinajstić information content (AvgIpc) is 3.21. The van der Waals surface area contributed by atoms with Crippen molar-refractivity contribution in [3.63, 3.8) is 0 Å². The van der Waals surface area contributed by atoms with Gasteiger partial charge in [-0.3, -0.25) is 9.59 Å². The SMILES string of the molecule is CN(C(=O)OC(C)(C)C)[C@@H]1[C@@H](O)[C@@H](O[C@@H]2[C@@H](O)[C@H](O[C@H]3OC(CN)=CC[C@H]3NC(=O)OC(C)(C)C)[C@@H](NC(=O)[C@@H](O)CCNC(=O)OC(C)(C)C)C[C@H]2NC(=O)[C@@H](O)CCNC(=O)OC(C)(C)C)OC[C@]1(C)O. The predicted octanol–water partition coefficient (Wildman–Crippen LogP) is 0.228. The zero-order chi connectivity index (χ0) is 55.6. The highest BCUT2D eigenvalue weighted by atomic mass is 16.7. The smallest absolute Gasteiger partial charge is 0.410 e. The Bertz CT molecular complexity index is 1910. The number of nitrogens with zero attached hydrogens (tertiary/aromatic N) is 1.